The van der Waals surface area contributed by atoms with Crippen molar-refractivity contribution in [1.82, 2.24) is 4.98 Å². The van der Waals surface area contributed by atoms with E-state index >= 15 is 0 Å². The third-order valence-electron chi connectivity index (χ3n) is 6.26. The lowest BCUT2D eigenvalue weighted by molar-refractivity contribution is 0.102. The number of nitrogens with one attached hydrogen (secondary N) is 1. The Balaban J connectivity index is 1.37. The van der Waals surface area contributed by atoms with Crippen molar-refractivity contribution in [3.63, 3.8) is 0 Å². The lowest BCUT2D eigenvalue weighted by Gasteiger charge is -2.12. The van der Waals surface area contributed by atoms with Gasteiger partial charge in [-0.25, -0.2) is 4.98 Å². The minimum absolute atomic E-state index is 0.152. The van der Waals surface area contributed by atoms with Gasteiger partial charge < -0.3 is 5.32 Å². The molecule has 0 atom stereocenters. The highest BCUT2D eigenvalue weighted by Gasteiger charge is 2.15. The van der Waals surface area contributed by atoms with Gasteiger partial charge in [-0.05, 0) is 46.2 Å². The molecule has 6 rings (SSSR count). The van der Waals surface area contributed by atoms with Gasteiger partial charge in [0.2, 0.25) is 0 Å². The SMILES string of the molecule is O=C(Nc1ccc2ccccc2c1)c1cc(-c2ccc(-c3ccccc3)cc2)nc2ccccc12. The highest BCUT2D eigenvalue weighted by atomic mass is 16.1. The lowest BCUT2D eigenvalue weighted by Crippen LogP contribution is -2.13. The van der Waals surface area contributed by atoms with Crippen LogP contribution in [0.3, 0.4) is 0 Å². The van der Waals surface area contributed by atoms with Crippen LogP contribution in [-0.4, -0.2) is 10.9 Å². The predicted molar refractivity (Wildman–Crippen MR) is 145 cm³/mol. The molecule has 1 amide bonds. The average molecular weight is 451 g/mol. The van der Waals surface area contributed by atoms with Gasteiger partial charge in [-0.2, -0.15) is 0 Å². The summed E-state index contributed by atoms with van der Waals surface area (Å²) < 4.78 is 0. The van der Waals surface area contributed by atoms with E-state index in [9.17, 15) is 4.79 Å². The van der Waals surface area contributed by atoms with Gasteiger partial charge in [0.05, 0.1) is 16.8 Å². The predicted octanol–water partition coefficient (Wildman–Crippen LogP) is 7.97. The van der Waals surface area contributed by atoms with E-state index in [2.05, 4.69) is 47.8 Å². The minimum Gasteiger partial charge on any atom is -0.322 e. The zero-order valence-corrected chi connectivity index (χ0v) is 19.0. The van der Waals surface area contributed by atoms with E-state index in [-0.39, 0.29) is 5.91 Å². The summed E-state index contributed by atoms with van der Waals surface area (Å²) >= 11 is 0. The number of aromatic nitrogens is 1. The van der Waals surface area contributed by atoms with Crippen LogP contribution in [0.5, 0.6) is 0 Å². The van der Waals surface area contributed by atoms with E-state index < -0.39 is 0 Å². The second kappa shape index (κ2) is 8.88. The number of para-hydroxylation sites is 1. The Labute approximate surface area is 203 Å². The van der Waals surface area contributed by atoms with Crippen LogP contribution in [-0.2, 0) is 0 Å². The number of carbonyl (C=O) groups is 1. The van der Waals surface area contributed by atoms with Gasteiger partial charge in [0.25, 0.3) is 5.91 Å². The maximum Gasteiger partial charge on any atom is 0.256 e. The number of benzene rings is 5. The van der Waals surface area contributed by atoms with Crippen molar-refractivity contribution < 1.29 is 4.79 Å². The van der Waals surface area contributed by atoms with Crippen molar-refractivity contribution in [3.8, 4) is 22.4 Å². The van der Waals surface area contributed by atoms with Crippen molar-refractivity contribution in [3.05, 3.63) is 133 Å². The molecule has 0 bridgehead atoms. The molecule has 1 heterocycles. The topological polar surface area (TPSA) is 42.0 Å². The average Bonchev–Trinajstić information content (AvgIpc) is 2.93. The summed E-state index contributed by atoms with van der Waals surface area (Å²) in [4.78, 5) is 18.3. The zero-order chi connectivity index (χ0) is 23.6. The summed E-state index contributed by atoms with van der Waals surface area (Å²) in [6.07, 6.45) is 0. The smallest absolute Gasteiger partial charge is 0.256 e. The maximum atomic E-state index is 13.4. The molecule has 0 fully saturated rings. The number of amides is 1. The third-order valence-corrected chi connectivity index (χ3v) is 6.26. The standard InChI is InChI=1S/C32H22N2O/c35-32(33-27-19-18-23-10-4-5-11-26(23)20-27)29-21-31(34-30-13-7-6-12-28(29)30)25-16-14-24(15-17-25)22-8-2-1-3-9-22/h1-21H,(H,33,35). The van der Waals surface area contributed by atoms with Crippen LogP contribution in [0, 0.1) is 0 Å². The van der Waals surface area contributed by atoms with Gasteiger partial charge >= 0.3 is 0 Å². The second-order valence-corrected chi connectivity index (χ2v) is 8.53. The second-order valence-electron chi connectivity index (χ2n) is 8.53. The van der Waals surface area contributed by atoms with Crippen molar-refractivity contribution in [2.24, 2.45) is 0 Å². The molecular formula is C32H22N2O. The normalized spacial score (nSPS) is 11.0. The fourth-order valence-corrected chi connectivity index (χ4v) is 4.44. The van der Waals surface area contributed by atoms with E-state index in [1.54, 1.807) is 0 Å². The Bertz CT molecular complexity index is 1670. The molecule has 3 nitrogen and oxygen atoms in total. The number of nitrogens with zero attached hydrogens (tertiary/aromatic N) is 1. The first kappa shape index (κ1) is 20.8. The molecule has 6 aromatic rings. The molecule has 5 aromatic carbocycles. The van der Waals surface area contributed by atoms with E-state index in [1.165, 1.54) is 5.56 Å². The molecule has 35 heavy (non-hydrogen) atoms. The van der Waals surface area contributed by atoms with Crippen LogP contribution in [0.1, 0.15) is 10.4 Å². The van der Waals surface area contributed by atoms with Crippen LogP contribution in [0.25, 0.3) is 44.1 Å². The van der Waals surface area contributed by atoms with Gasteiger partial charge in [0.15, 0.2) is 0 Å². The monoisotopic (exact) mass is 450 g/mol. The molecule has 0 spiro atoms. The highest BCUT2D eigenvalue weighted by Crippen LogP contribution is 2.28. The quantitative estimate of drug-likeness (QED) is 0.296. The third kappa shape index (κ3) is 4.16. The lowest BCUT2D eigenvalue weighted by atomic mass is 10.0. The summed E-state index contributed by atoms with van der Waals surface area (Å²) in [6.45, 7) is 0. The molecule has 1 aromatic heterocycles. The van der Waals surface area contributed by atoms with Crippen molar-refractivity contribution >= 4 is 33.3 Å². The fraction of sp³-hybridized carbons (Fsp3) is 0. The summed E-state index contributed by atoms with van der Waals surface area (Å²) in [7, 11) is 0. The van der Waals surface area contributed by atoms with E-state index in [4.69, 9.17) is 4.98 Å². The Morgan fingerprint density at radius 1 is 0.571 bits per heavy atom. The minimum atomic E-state index is -0.152. The molecule has 3 heteroatoms. The van der Waals surface area contributed by atoms with Gasteiger partial charge in [0.1, 0.15) is 0 Å². The Hall–Kier alpha value is -4.76. The van der Waals surface area contributed by atoms with Gasteiger partial charge in [-0.15, -0.1) is 0 Å². The summed E-state index contributed by atoms with van der Waals surface area (Å²) in [5, 5.41) is 6.14. The van der Waals surface area contributed by atoms with E-state index in [0.29, 0.717) is 5.56 Å². The molecule has 0 saturated carbocycles. The molecule has 0 aliphatic heterocycles. The number of rotatable bonds is 4. The van der Waals surface area contributed by atoms with Crippen molar-refractivity contribution in [2.45, 2.75) is 0 Å². The number of anilines is 1. The van der Waals surface area contributed by atoms with Crippen molar-refractivity contribution in [1.29, 1.82) is 0 Å². The molecule has 0 aliphatic carbocycles. The van der Waals surface area contributed by atoms with Gasteiger partial charge in [-0.1, -0.05) is 103 Å². The van der Waals surface area contributed by atoms with E-state index in [1.807, 2.05) is 84.9 Å². The molecule has 0 radical (unpaired) electrons. The molecule has 0 aliphatic rings. The first-order valence-electron chi connectivity index (χ1n) is 11.6. The number of hydrogen-bond donors (Lipinski definition) is 1. The molecule has 166 valence electrons. The summed E-state index contributed by atoms with van der Waals surface area (Å²) in [6, 6.07) is 42.3. The summed E-state index contributed by atoms with van der Waals surface area (Å²) in [5.41, 5.74) is 6.21. The van der Waals surface area contributed by atoms with Crippen LogP contribution in [0.2, 0.25) is 0 Å². The Morgan fingerprint density at radius 2 is 1.23 bits per heavy atom. The highest BCUT2D eigenvalue weighted by molar-refractivity contribution is 6.13. The Kier molecular flexibility index (Phi) is 5.28. The molecular weight excluding hydrogens is 428 g/mol. The van der Waals surface area contributed by atoms with Crippen molar-refractivity contribution in [2.75, 3.05) is 5.32 Å². The number of hydrogen-bond acceptors (Lipinski definition) is 2. The summed E-state index contributed by atoms with van der Waals surface area (Å²) in [5.74, 6) is -0.152. The fourth-order valence-electron chi connectivity index (χ4n) is 4.44. The zero-order valence-electron chi connectivity index (χ0n) is 19.0. The number of pyridine rings is 1. The molecule has 0 unspecified atom stereocenters. The van der Waals surface area contributed by atoms with Crippen LogP contribution in [0.15, 0.2) is 127 Å². The van der Waals surface area contributed by atoms with Gasteiger partial charge in [0, 0.05) is 16.6 Å². The van der Waals surface area contributed by atoms with Crippen LogP contribution in [0.4, 0.5) is 5.69 Å². The number of carbonyl (C=O) groups excluding carboxylic acids is 1. The Morgan fingerprint density at radius 3 is 2.06 bits per heavy atom. The molecule has 1 N–H and O–H groups in total. The molecule has 0 saturated heterocycles. The van der Waals surface area contributed by atoms with E-state index in [0.717, 1.165) is 44.2 Å². The van der Waals surface area contributed by atoms with Gasteiger partial charge in [-0.3, -0.25) is 4.79 Å². The first-order valence-corrected chi connectivity index (χ1v) is 11.6. The maximum absolute atomic E-state index is 13.4. The largest absolute Gasteiger partial charge is 0.322 e. The first-order chi connectivity index (χ1) is 17.2. The van der Waals surface area contributed by atoms with Crippen LogP contribution >= 0.6 is 0 Å². The van der Waals surface area contributed by atoms with Crippen LogP contribution < -0.4 is 5.32 Å². The number of fused-ring (bicyclic) bond motifs is 2.